The molecule has 1 fully saturated rings. The maximum atomic E-state index is 12.8. The molecule has 0 unspecified atom stereocenters. The van der Waals surface area contributed by atoms with Crippen LogP contribution in [0, 0.1) is 6.92 Å². The maximum absolute atomic E-state index is 12.8. The first-order valence-corrected chi connectivity index (χ1v) is 14.6. The number of sulfonamides is 1. The molecule has 0 bridgehead atoms. The Hall–Kier alpha value is -3.45. The fraction of sp³-hybridized carbons (Fsp3) is 0.407. The van der Waals surface area contributed by atoms with Gasteiger partial charge in [0, 0.05) is 60.4 Å². The Labute approximate surface area is 228 Å². The zero-order valence-corrected chi connectivity index (χ0v) is 23.0. The molecule has 3 aromatic rings. The molecule has 1 saturated heterocycles. The number of nitrogens with zero attached hydrogens (tertiary/aromatic N) is 2. The van der Waals surface area contributed by atoms with E-state index in [0.717, 1.165) is 22.2 Å². The first-order valence-electron chi connectivity index (χ1n) is 13.0. The number of piperazine rings is 1. The molecule has 0 radical (unpaired) electrons. The third-order valence-electron chi connectivity index (χ3n) is 6.96. The van der Waals surface area contributed by atoms with Crippen molar-refractivity contribution in [2.75, 3.05) is 38.5 Å². The molecule has 12 heteroatoms. The summed E-state index contributed by atoms with van der Waals surface area (Å²) in [5, 5.41) is 13.1. The standard InChI is InChI=1S/C27H35N5O6S/c1-3-16-39(36,37)32-14-12-31(13-15-32)25(27(34)30-35)17-28-26(33)20-8-10-21(11-9-20)38-18-23-19(2)29-24-7-5-4-6-22(23)24/h4-11,25,29,35H,3,12-18H2,1-2H3,(H,28,33)(H,30,34)/t25-/m0/s1. The molecule has 11 nitrogen and oxygen atoms in total. The van der Waals surface area contributed by atoms with Crippen LogP contribution in [-0.2, 0) is 21.4 Å². The third kappa shape index (κ3) is 6.77. The van der Waals surface area contributed by atoms with Crippen LogP contribution >= 0.6 is 0 Å². The number of ether oxygens (including phenoxy) is 1. The van der Waals surface area contributed by atoms with Crippen molar-refractivity contribution in [2.45, 2.75) is 32.9 Å². The van der Waals surface area contributed by atoms with Crippen LogP contribution in [-0.4, -0.2) is 84.1 Å². The maximum Gasteiger partial charge on any atom is 0.262 e. The highest BCUT2D eigenvalue weighted by Gasteiger charge is 2.32. The summed E-state index contributed by atoms with van der Waals surface area (Å²) in [6.45, 7) is 5.24. The van der Waals surface area contributed by atoms with E-state index in [1.807, 2.05) is 38.1 Å². The number of para-hydroxylation sites is 1. The zero-order chi connectivity index (χ0) is 28.0. The van der Waals surface area contributed by atoms with Crippen molar-refractivity contribution in [3.8, 4) is 5.75 Å². The van der Waals surface area contributed by atoms with Gasteiger partial charge in [-0.15, -0.1) is 0 Å². The Bertz CT molecular complexity index is 1400. The largest absolute Gasteiger partial charge is 0.489 e. The van der Waals surface area contributed by atoms with E-state index in [1.165, 1.54) is 4.31 Å². The second kappa shape index (κ2) is 12.6. The van der Waals surface area contributed by atoms with E-state index < -0.39 is 22.0 Å². The molecule has 1 atom stereocenters. The van der Waals surface area contributed by atoms with E-state index in [-0.39, 0.29) is 31.3 Å². The van der Waals surface area contributed by atoms with E-state index in [2.05, 4.69) is 10.3 Å². The number of amides is 2. The topological polar surface area (TPSA) is 144 Å². The minimum atomic E-state index is -3.33. The average Bonchev–Trinajstić information content (AvgIpc) is 3.26. The molecule has 0 spiro atoms. The Morgan fingerprint density at radius 1 is 1.08 bits per heavy atom. The third-order valence-corrected chi connectivity index (χ3v) is 9.04. The summed E-state index contributed by atoms with van der Waals surface area (Å²) in [5.41, 5.74) is 5.21. The molecule has 0 saturated carbocycles. The molecular weight excluding hydrogens is 522 g/mol. The molecular formula is C27H35N5O6S. The van der Waals surface area contributed by atoms with Crippen molar-refractivity contribution < 1.29 is 28.0 Å². The van der Waals surface area contributed by atoms with Gasteiger partial charge in [0.1, 0.15) is 18.4 Å². The molecule has 2 aromatic carbocycles. The number of hydroxylamine groups is 1. The Morgan fingerprint density at radius 3 is 2.44 bits per heavy atom. The highest BCUT2D eigenvalue weighted by Crippen LogP contribution is 2.24. The van der Waals surface area contributed by atoms with Gasteiger partial charge in [-0.3, -0.25) is 19.7 Å². The highest BCUT2D eigenvalue weighted by molar-refractivity contribution is 7.89. The number of hydrogen-bond acceptors (Lipinski definition) is 7. The minimum Gasteiger partial charge on any atom is -0.489 e. The number of carbonyl (C=O) groups is 2. The van der Waals surface area contributed by atoms with Gasteiger partial charge in [-0.25, -0.2) is 13.9 Å². The molecule has 1 aromatic heterocycles. The number of aryl methyl sites for hydroxylation is 1. The zero-order valence-electron chi connectivity index (χ0n) is 22.1. The number of benzene rings is 2. The van der Waals surface area contributed by atoms with Crippen molar-refractivity contribution in [3.63, 3.8) is 0 Å². The summed E-state index contributed by atoms with van der Waals surface area (Å²) in [6, 6.07) is 13.9. The van der Waals surface area contributed by atoms with Crippen LogP contribution in [0.25, 0.3) is 10.9 Å². The number of fused-ring (bicyclic) bond motifs is 1. The molecule has 0 aliphatic carbocycles. The van der Waals surface area contributed by atoms with Crippen LogP contribution in [0.3, 0.4) is 0 Å². The van der Waals surface area contributed by atoms with Gasteiger partial charge in [0.2, 0.25) is 10.0 Å². The molecule has 2 heterocycles. The van der Waals surface area contributed by atoms with Gasteiger partial charge >= 0.3 is 0 Å². The Morgan fingerprint density at radius 2 is 1.77 bits per heavy atom. The summed E-state index contributed by atoms with van der Waals surface area (Å²) < 4.78 is 32.1. The summed E-state index contributed by atoms with van der Waals surface area (Å²) >= 11 is 0. The van der Waals surface area contributed by atoms with Gasteiger partial charge < -0.3 is 15.0 Å². The van der Waals surface area contributed by atoms with Crippen molar-refractivity contribution in [1.82, 2.24) is 25.0 Å². The van der Waals surface area contributed by atoms with E-state index >= 15 is 0 Å². The lowest BCUT2D eigenvalue weighted by atomic mass is 10.1. The number of carbonyl (C=O) groups excluding carboxylic acids is 2. The minimum absolute atomic E-state index is 0.0506. The monoisotopic (exact) mass is 557 g/mol. The van der Waals surface area contributed by atoms with Crippen LogP contribution in [0.4, 0.5) is 0 Å². The fourth-order valence-electron chi connectivity index (χ4n) is 4.81. The van der Waals surface area contributed by atoms with Gasteiger partial charge in [0.05, 0.1) is 5.75 Å². The lowest BCUT2D eigenvalue weighted by Crippen LogP contribution is -2.58. The quantitative estimate of drug-likeness (QED) is 0.209. The molecule has 2 amide bonds. The van der Waals surface area contributed by atoms with Gasteiger partial charge in [-0.2, -0.15) is 4.31 Å². The molecule has 39 heavy (non-hydrogen) atoms. The van der Waals surface area contributed by atoms with E-state index in [1.54, 1.807) is 34.6 Å². The van der Waals surface area contributed by atoms with Crippen molar-refractivity contribution >= 4 is 32.7 Å². The smallest absolute Gasteiger partial charge is 0.262 e. The fourth-order valence-corrected chi connectivity index (χ4v) is 6.31. The van der Waals surface area contributed by atoms with Crippen molar-refractivity contribution in [1.29, 1.82) is 0 Å². The predicted octanol–water partition coefficient (Wildman–Crippen LogP) is 2.02. The first-order chi connectivity index (χ1) is 18.7. The van der Waals surface area contributed by atoms with Gasteiger partial charge in [0.15, 0.2) is 0 Å². The van der Waals surface area contributed by atoms with E-state index in [4.69, 9.17) is 4.74 Å². The predicted molar refractivity (Wildman–Crippen MR) is 147 cm³/mol. The number of nitrogens with one attached hydrogen (secondary N) is 3. The number of aromatic nitrogens is 1. The van der Waals surface area contributed by atoms with Gasteiger partial charge in [0.25, 0.3) is 11.8 Å². The molecule has 4 N–H and O–H groups in total. The SMILES string of the molecule is CCCS(=O)(=O)N1CCN([C@@H](CNC(=O)c2ccc(OCc3c(C)[nH]c4ccccc34)cc2)C(=O)NO)CC1. The normalized spacial score (nSPS) is 15.7. The Kier molecular flexibility index (Phi) is 9.23. The van der Waals surface area contributed by atoms with Crippen molar-refractivity contribution in [2.24, 2.45) is 0 Å². The van der Waals surface area contributed by atoms with Crippen LogP contribution < -0.4 is 15.5 Å². The number of rotatable bonds is 11. The lowest BCUT2D eigenvalue weighted by molar-refractivity contribution is -0.135. The number of H-pyrrole nitrogens is 1. The molecule has 1 aliphatic rings. The van der Waals surface area contributed by atoms with Crippen LogP contribution in [0.1, 0.15) is 35.0 Å². The Balaban J connectivity index is 1.32. The first kappa shape index (κ1) is 28.6. The summed E-state index contributed by atoms with van der Waals surface area (Å²) in [4.78, 5) is 30.3. The number of hydrogen-bond donors (Lipinski definition) is 4. The van der Waals surface area contributed by atoms with Crippen LogP contribution in [0.2, 0.25) is 0 Å². The lowest BCUT2D eigenvalue weighted by Gasteiger charge is -2.37. The van der Waals surface area contributed by atoms with Crippen LogP contribution in [0.5, 0.6) is 5.75 Å². The second-order valence-corrected chi connectivity index (χ2v) is 11.6. The summed E-state index contributed by atoms with van der Waals surface area (Å²) in [6.07, 6.45) is 0.529. The van der Waals surface area contributed by atoms with Crippen molar-refractivity contribution in [3.05, 3.63) is 65.4 Å². The number of aromatic amines is 1. The average molecular weight is 558 g/mol. The highest BCUT2D eigenvalue weighted by atomic mass is 32.2. The van der Waals surface area contributed by atoms with E-state index in [0.29, 0.717) is 37.4 Å². The van der Waals surface area contributed by atoms with Gasteiger partial charge in [-0.1, -0.05) is 25.1 Å². The molecule has 4 rings (SSSR count). The second-order valence-electron chi connectivity index (χ2n) is 9.54. The molecule has 210 valence electrons. The summed E-state index contributed by atoms with van der Waals surface area (Å²) in [5.74, 6) is -0.356. The molecule has 1 aliphatic heterocycles. The van der Waals surface area contributed by atoms with Gasteiger partial charge in [-0.05, 0) is 43.7 Å². The summed E-state index contributed by atoms with van der Waals surface area (Å²) in [7, 11) is -3.33. The van der Waals surface area contributed by atoms with E-state index in [9.17, 15) is 23.2 Å². The van der Waals surface area contributed by atoms with Crippen LogP contribution in [0.15, 0.2) is 48.5 Å².